The summed E-state index contributed by atoms with van der Waals surface area (Å²) in [5.74, 6) is 0.271. The zero-order valence-electron chi connectivity index (χ0n) is 16.6. The van der Waals surface area contributed by atoms with Crippen molar-refractivity contribution in [1.29, 1.82) is 0 Å². The third-order valence-electron chi connectivity index (χ3n) is 4.63. The van der Waals surface area contributed by atoms with E-state index >= 15 is 0 Å². The number of carbonyl (C=O) groups is 1. The topological polar surface area (TPSA) is 94.8 Å². The predicted octanol–water partition coefficient (Wildman–Crippen LogP) is 3.22. The molecule has 0 fully saturated rings. The number of nitrogens with one attached hydrogen (secondary N) is 1. The zero-order chi connectivity index (χ0) is 20.9. The lowest BCUT2D eigenvalue weighted by Crippen LogP contribution is -2.28. The molecule has 1 atom stereocenters. The van der Waals surface area contributed by atoms with Gasteiger partial charge in [0, 0.05) is 24.2 Å². The highest BCUT2D eigenvalue weighted by Crippen LogP contribution is 2.29. The highest BCUT2D eigenvalue weighted by Gasteiger charge is 2.24. The fraction of sp³-hybridized carbons (Fsp3) is 0.136. The summed E-state index contributed by atoms with van der Waals surface area (Å²) in [7, 11) is 1.59. The molecule has 0 saturated carbocycles. The van der Waals surface area contributed by atoms with E-state index in [1.165, 1.54) is 0 Å². The van der Waals surface area contributed by atoms with E-state index in [4.69, 9.17) is 4.74 Å². The molecule has 0 aliphatic heterocycles. The van der Waals surface area contributed by atoms with Crippen LogP contribution in [-0.4, -0.2) is 38.0 Å². The van der Waals surface area contributed by atoms with E-state index in [0.717, 1.165) is 11.3 Å². The summed E-state index contributed by atoms with van der Waals surface area (Å²) in [6.45, 7) is 1.87. The Bertz CT molecular complexity index is 1140. The van der Waals surface area contributed by atoms with Crippen LogP contribution in [0.5, 0.6) is 5.75 Å². The van der Waals surface area contributed by atoms with Gasteiger partial charge >= 0.3 is 0 Å². The van der Waals surface area contributed by atoms with Gasteiger partial charge in [0.25, 0.3) is 5.91 Å². The molecule has 0 saturated heterocycles. The number of nitrogens with zero attached hydrogens (tertiary/aromatic N) is 5. The number of pyridine rings is 2. The van der Waals surface area contributed by atoms with Crippen molar-refractivity contribution in [2.24, 2.45) is 0 Å². The lowest BCUT2D eigenvalue weighted by Gasteiger charge is -2.14. The Morgan fingerprint density at radius 2 is 1.80 bits per heavy atom. The Hall–Kier alpha value is -4.07. The standard InChI is InChI=1S/C22H20N6O2/c1-15(17-7-5-6-12-24-17)25-22(29)20-21(16-10-13-23-14-11-16)28(27-26-20)18-8-3-4-9-19(18)30-2/h3-15H,1-2H3,(H,25,29)/t15-/m0/s1. The Kier molecular flexibility index (Phi) is 5.47. The lowest BCUT2D eigenvalue weighted by atomic mass is 10.1. The van der Waals surface area contributed by atoms with Crippen molar-refractivity contribution in [3.8, 4) is 22.7 Å². The van der Waals surface area contributed by atoms with Crippen molar-refractivity contribution in [2.45, 2.75) is 13.0 Å². The van der Waals surface area contributed by atoms with Crippen LogP contribution in [0.4, 0.5) is 0 Å². The maximum atomic E-state index is 13.1. The lowest BCUT2D eigenvalue weighted by molar-refractivity contribution is 0.0934. The van der Waals surface area contributed by atoms with Gasteiger partial charge in [-0.1, -0.05) is 23.4 Å². The molecule has 1 N–H and O–H groups in total. The van der Waals surface area contributed by atoms with Crippen molar-refractivity contribution in [3.05, 3.63) is 84.6 Å². The third kappa shape index (κ3) is 3.75. The maximum absolute atomic E-state index is 13.1. The first kappa shape index (κ1) is 19.3. The van der Waals surface area contributed by atoms with Crippen LogP contribution in [0.15, 0.2) is 73.2 Å². The van der Waals surface area contributed by atoms with Gasteiger partial charge in [-0.2, -0.15) is 0 Å². The van der Waals surface area contributed by atoms with Gasteiger partial charge in [-0.25, -0.2) is 4.68 Å². The first-order chi connectivity index (χ1) is 14.7. The molecular weight excluding hydrogens is 380 g/mol. The predicted molar refractivity (Wildman–Crippen MR) is 111 cm³/mol. The molecule has 0 radical (unpaired) electrons. The first-order valence-electron chi connectivity index (χ1n) is 9.40. The summed E-state index contributed by atoms with van der Waals surface area (Å²) in [6.07, 6.45) is 5.01. The summed E-state index contributed by atoms with van der Waals surface area (Å²) >= 11 is 0. The van der Waals surface area contributed by atoms with Crippen molar-refractivity contribution >= 4 is 5.91 Å². The summed E-state index contributed by atoms with van der Waals surface area (Å²) in [6, 6.07) is 16.3. The van der Waals surface area contributed by atoms with Crippen molar-refractivity contribution in [3.63, 3.8) is 0 Å². The molecule has 8 heteroatoms. The van der Waals surface area contributed by atoms with Gasteiger partial charge in [0.15, 0.2) is 5.69 Å². The average molecular weight is 400 g/mol. The summed E-state index contributed by atoms with van der Waals surface area (Å²) in [5, 5.41) is 11.4. The normalized spacial score (nSPS) is 11.7. The number of carbonyl (C=O) groups excluding carboxylic acids is 1. The van der Waals surface area contributed by atoms with Gasteiger partial charge in [0.2, 0.25) is 0 Å². The van der Waals surface area contributed by atoms with Crippen LogP contribution in [0.3, 0.4) is 0 Å². The van der Waals surface area contributed by atoms with Crippen LogP contribution in [0, 0.1) is 0 Å². The van der Waals surface area contributed by atoms with E-state index in [0.29, 0.717) is 17.1 Å². The van der Waals surface area contributed by atoms with Gasteiger partial charge in [0.05, 0.1) is 18.8 Å². The number of hydrogen-bond donors (Lipinski definition) is 1. The number of amides is 1. The molecule has 0 aliphatic carbocycles. The molecule has 3 aromatic heterocycles. The number of para-hydroxylation sites is 2. The molecule has 0 bridgehead atoms. The molecule has 0 aliphatic rings. The molecule has 3 heterocycles. The SMILES string of the molecule is COc1ccccc1-n1nnc(C(=O)N[C@@H](C)c2ccccn2)c1-c1ccncc1. The second kappa shape index (κ2) is 8.52. The molecule has 0 unspecified atom stereocenters. The number of benzene rings is 1. The maximum Gasteiger partial charge on any atom is 0.274 e. The van der Waals surface area contributed by atoms with Crippen LogP contribution < -0.4 is 10.1 Å². The summed E-state index contributed by atoms with van der Waals surface area (Å²) < 4.78 is 7.08. The minimum Gasteiger partial charge on any atom is -0.494 e. The average Bonchev–Trinajstić information content (AvgIpc) is 3.25. The largest absolute Gasteiger partial charge is 0.494 e. The quantitative estimate of drug-likeness (QED) is 0.534. The van der Waals surface area contributed by atoms with Gasteiger partial charge in [-0.15, -0.1) is 5.10 Å². The van der Waals surface area contributed by atoms with Gasteiger partial charge in [-0.3, -0.25) is 14.8 Å². The van der Waals surface area contributed by atoms with E-state index in [2.05, 4.69) is 25.6 Å². The van der Waals surface area contributed by atoms with Crippen LogP contribution in [-0.2, 0) is 0 Å². The zero-order valence-corrected chi connectivity index (χ0v) is 16.6. The molecule has 4 aromatic rings. The molecule has 4 rings (SSSR count). The summed E-state index contributed by atoms with van der Waals surface area (Å²) in [5.41, 5.74) is 2.95. The van der Waals surface area contributed by atoms with Crippen molar-refractivity contribution < 1.29 is 9.53 Å². The fourth-order valence-electron chi connectivity index (χ4n) is 3.15. The molecule has 30 heavy (non-hydrogen) atoms. The number of rotatable bonds is 6. The number of aromatic nitrogens is 5. The highest BCUT2D eigenvalue weighted by molar-refractivity contribution is 5.98. The van der Waals surface area contributed by atoms with Crippen molar-refractivity contribution in [1.82, 2.24) is 30.3 Å². The summed E-state index contributed by atoms with van der Waals surface area (Å²) in [4.78, 5) is 21.5. The molecule has 1 aromatic carbocycles. The second-order valence-corrected chi connectivity index (χ2v) is 6.56. The fourth-order valence-corrected chi connectivity index (χ4v) is 3.15. The Labute approximate surface area is 173 Å². The van der Waals surface area contributed by atoms with Crippen molar-refractivity contribution in [2.75, 3.05) is 7.11 Å². The van der Waals surface area contributed by atoms with E-state index in [1.807, 2.05) is 61.5 Å². The van der Waals surface area contributed by atoms with Gasteiger partial charge in [0.1, 0.15) is 17.1 Å². The van der Waals surface area contributed by atoms with Crippen LogP contribution in [0.25, 0.3) is 16.9 Å². The number of ether oxygens (including phenoxy) is 1. The first-order valence-corrected chi connectivity index (χ1v) is 9.40. The smallest absolute Gasteiger partial charge is 0.274 e. The molecular formula is C22H20N6O2. The van der Waals surface area contributed by atoms with E-state index in [-0.39, 0.29) is 17.6 Å². The van der Waals surface area contributed by atoms with Crippen LogP contribution in [0.1, 0.15) is 29.1 Å². The Balaban J connectivity index is 1.77. The Morgan fingerprint density at radius 3 is 2.53 bits per heavy atom. The van der Waals surface area contributed by atoms with E-state index < -0.39 is 0 Å². The number of hydrogen-bond acceptors (Lipinski definition) is 6. The highest BCUT2D eigenvalue weighted by atomic mass is 16.5. The molecule has 1 amide bonds. The minimum atomic E-state index is -0.346. The van der Waals surface area contributed by atoms with Gasteiger partial charge < -0.3 is 10.1 Å². The van der Waals surface area contributed by atoms with Gasteiger partial charge in [-0.05, 0) is 43.3 Å². The molecule has 0 spiro atoms. The molecule has 150 valence electrons. The Morgan fingerprint density at radius 1 is 1.03 bits per heavy atom. The third-order valence-corrected chi connectivity index (χ3v) is 4.63. The monoisotopic (exact) mass is 400 g/mol. The molecule has 8 nitrogen and oxygen atoms in total. The van der Waals surface area contributed by atoms with E-state index in [9.17, 15) is 4.79 Å². The van der Waals surface area contributed by atoms with E-state index in [1.54, 1.807) is 30.4 Å². The minimum absolute atomic E-state index is 0.204. The number of methoxy groups -OCH3 is 1. The van der Waals surface area contributed by atoms with Crippen LogP contribution >= 0.6 is 0 Å². The second-order valence-electron chi connectivity index (χ2n) is 6.56. The van der Waals surface area contributed by atoms with Crippen LogP contribution in [0.2, 0.25) is 0 Å².